The quantitative estimate of drug-likeness (QED) is 0.718. The smallest absolute Gasteiger partial charge is 0.0443 e. The Morgan fingerprint density at radius 2 is 2.25 bits per heavy atom. The molecule has 0 amide bonds. The highest BCUT2D eigenvalue weighted by atomic mass is 14.9. The molecule has 1 aromatic carbocycles. The van der Waals surface area contributed by atoms with Crippen LogP contribution in [0.5, 0.6) is 0 Å². The summed E-state index contributed by atoms with van der Waals surface area (Å²) in [5.41, 5.74) is 3.65. The Labute approximate surface area is 74.1 Å². The summed E-state index contributed by atoms with van der Waals surface area (Å²) in [6.45, 7) is 8.92. The largest absolute Gasteiger partial charge is 0.385 e. The van der Waals surface area contributed by atoms with Crippen molar-refractivity contribution in [2.24, 2.45) is 0 Å². The second-order valence-corrected chi connectivity index (χ2v) is 2.77. The summed E-state index contributed by atoms with van der Waals surface area (Å²) < 4.78 is 0. The number of anilines is 1. The van der Waals surface area contributed by atoms with Crippen LogP contribution < -0.4 is 5.32 Å². The van der Waals surface area contributed by atoms with Gasteiger partial charge < -0.3 is 5.32 Å². The summed E-state index contributed by atoms with van der Waals surface area (Å²) >= 11 is 0. The van der Waals surface area contributed by atoms with Crippen molar-refractivity contribution >= 4 is 11.8 Å². The Bertz CT molecular complexity index is 276. The van der Waals surface area contributed by atoms with Crippen molar-refractivity contribution in [2.45, 2.75) is 13.8 Å². The van der Waals surface area contributed by atoms with Crippen molar-refractivity contribution in [3.05, 3.63) is 35.9 Å². The second kappa shape index (κ2) is 3.96. The molecular formula is C11H15N. The predicted octanol–water partition coefficient (Wildman–Crippen LogP) is 3.07. The van der Waals surface area contributed by atoms with Crippen molar-refractivity contribution in [1.82, 2.24) is 0 Å². The minimum absolute atomic E-state index is 0.950. The fraction of sp³-hybridized carbons (Fsp3) is 0.273. The van der Waals surface area contributed by atoms with Crippen LogP contribution in [-0.2, 0) is 0 Å². The minimum atomic E-state index is 0.950. The SMILES string of the molecule is C=Cc1cccc(C)c1NCC. The summed E-state index contributed by atoms with van der Waals surface area (Å²) in [7, 11) is 0. The number of hydrogen-bond acceptors (Lipinski definition) is 1. The van der Waals surface area contributed by atoms with Gasteiger partial charge in [-0.3, -0.25) is 0 Å². The molecule has 0 aliphatic rings. The van der Waals surface area contributed by atoms with Gasteiger partial charge in [0, 0.05) is 12.2 Å². The van der Waals surface area contributed by atoms with Crippen LogP contribution in [0.2, 0.25) is 0 Å². The lowest BCUT2D eigenvalue weighted by molar-refractivity contribution is 1.20. The van der Waals surface area contributed by atoms with Crippen LogP contribution in [0, 0.1) is 6.92 Å². The number of rotatable bonds is 3. The van der Waals surface area contributed by atoms with Crippen LogP contribution in [-0.4, -0.2) is 6.54 Å². The molecule has 0 saturated carbocycles. The molecule has 0 heterocycles. The van der Waals surface area contributed by atoms with Gasteiger partial charge in [-0.05, 0) is 25.0 Å². The van der Waals surface area contributed by atoms with Crippen LogP contribution in [0.25, 0.3) is 6.08 Å². The predicted molar refractivity (Wildman–Crippen MR) is 55.4 cm³/mol. The van der Waals surface area contributed by atoms with E-state index >= 15 is 0 Å². The molecule has 0 radical (unpaired) electrons. The zero-order valence-electron chi connectivity index (χ0n) is 7.72. The Kier molecular flexibility index (Phi) is 2.92. The first-order chi connectivity index (χ1) is 5.79. The van der Waals surface area contributed by atoms with E-state index in [4.69, 9.17) is 0 Å². The molecule has 0 aliphatic carbocycles. The van der Waals surface area contributed by atoms with Gasteiger partial charge in [0.25, 0.3) is 0 Å². The van der Waals surface area contributed by atoms with E-state index < -0.39 is 0 Å². The number of hydrogen-bond donors (Lipinski definition) is 1. The molecule has 0 saturated heterocycles. The van der Waals surface area contributed by atoms with E-state index in [9.17, 15) is 0 Å². The van der Waals surface area contributed by atoms with Gasteiger partial charge in [0.2, 0.25) is 0 Å². The molecule has 0 aliphatic heterocycles. The molecule has 0 unspecified atom stereocenters. The summed E-state index contributed by atoms with van der Waals surface area (Å²) in [5, 5.41) is 3.32. The minimum Gasteiger partial charge on any atom is -0.385 e. The zero-order chi connectivity index (χ0) is 8.97. The fourth-order valence-corrected chi connectivity index (χ4v) is 1.28. The fourth-order valence-electron chi connectivity index (χ4n) is 1.28. The maximum absolute atomic E-state index is 3.77. The second-order valence-electron chi connectivity index (χ2n) is 2.77. The summed E-state index contributed by atoms with van der Waals surface area (Å²) in [5.74, 6) is 0. The monoisotopic (exact) mass is 161 g/mol. The first-order valence-electron chi connectivity index (χ1n) is 4.25. The van der Waals surface area contributed by atoms with Crippen LogP contribution >= 0.6 is 0 Å². The van der Waals surface area contributed by atoms with E-state index in [-0.39, 0.29) is 0 Å². The molecule has 12 heavy (non-hydrogen) atoms. The third-order valence-electron chi connectivity index (χ3n) is 1.88. The zero-order valence-corrected chi connectivity index (χ0v) is 7.72. The Balaban J connectivity index is 3.10. The van der Waals surface area contributed by atoms with E-state index in [1.807, 2.05) is 12.1 Å². The molecule has 0 atom stereocenters. The van der Waals surface area contributed by atoms with Gasteiger partial charge in [0.1, 0.15) is 0 Å². The standard InChI is InChI=1S/C11H15N/c1-4-10-8-6-7-9(3)11(10)12-5-2/h4,6-8,12H,1,5H2,2-3H3. The summed E-state index contributed by atoms with van der Waals surface area (Å²) in [6.07, 6.45) is 1.88. The molecule has 0 bridgehead atoms. The van der Waals surface area contributed by atoms with E-state index in [2.05, 4.69) is 37.9 Å². The van der Waals surface area contributed by atoms with Crippen LogP contribution in [0.3, 0.4) is 0 Å². The lowest BCUT2D eigenvalue weighted by Gasteiger charge is -2.10. The van der Waals surface area contributed by atoms with Crippen LogP contribution in [0.15, 0.2) is 24.8 Å². The molecular weight excluding hydrogens is 146 g/mol. The Morgan fingerprint density at radius 1 is 1.50 bits per heavy atom. The lowest BCUT2D eigenvalue weighted by atomic mass is 10.1. The first-order valence-corrected chi connectivity index (χ1v) is 4.25. The third kappa shape index (κ3) is 1.67. The molecule has 64 valence electrons. The van der Waals surface area contributed by atoms with Crippen molar-refractivity contribution in [3.8, 4) is 0 Å². The first kappa shape index (κ1) is 8.85. The Morgan fingerprint density at radius 3 is 2.83 bits per heavy atom. The third-order valence-corrected chi connectivity index (χ3v) is 1.88. The molecule has 0 spiro atoms. The van der Waals surface area contributed by atoms with Gasteiger partial charge in [-0.15, -0.1) is 0 Å². The van der Waals surface area contributed by atoms with Gasteiger partial charge >= 0.3 is 0 Å². The molecule has 1 aromatic rings. The number of nitrogens with one attached hydrogen (secondary N) is 1. The number of para-hydroxylation sites is 1. The Hall–Kier alpha value is -1.24. The highest BCUT2D eigenvalue weighted by molar-refractivity contribution is 5.68. The van der Waals surface area contributed by atoms with Crippen LogP contribution in [0.4, 0.5) is 5.69 Å². The number of benzene rings is 1. The highest BCUT2D eigenvalue weighted by Gasteiger charge is 1.99. The molecule has 1 N–H and O–H groups in total. The van der Waals surface area contributed by atoms with Gasteiger partial charge in [0.05, 0.1) is 0 Å². The van der Waals surface area contributed by atoms with E-state index in [1.54, 1.807) is 0 Å². The van der Waals surface area contributed by atoms with Gasteiger partial charge in [-0.1, -0.05) is 30.9 Å². The topological polar surface area (TPSA) is 12.0 Å². The summed E-state index contributed by atoms with van der Waals surface area (Å²) in [4.78, 5) is 0. The molecule has 0 fully saturated rings. The van der Waals surface area contributed by atoms with Crippen molar-refractivity contribution in [3.63, 3.8) is 0 Å². The van der Waals surface area contributed by atoms with Crippen LogP contribution in [0.1, 0.15) is 18.1 Å². The van der Waals surface area contributed by atoms with Crippen molar-refractivity contribution < 1.29 is 0 Å². The maximum atomic E-state index is 3.77. The average Bonchev–Trinajstić information content (AvgIpc) is 2.09. The van der Waals surface area contributed by atoms with Gasteiger partial charge in [-0.25, -0.2) is 0 Å². The number of aryl methyl sites for hydroxylation is 1. The van der Waals surface area contributed by atoms with Crippen molar-refractivity contribution in [1.29, 1.82) is 0 Å². The van der Waals surface area contributed by atoms with E-state index in [0.29, 0.717) is 0 Å². The molecule has 1 nitrogen and oxygen atoms in total. The molecule has 1 heteroatoms. The lowest BCUT2D eigenvalue weighted by Crippen LogP contribution is -2.00. The highest BCUT2D eigenvalue weighted by Crippen LogP contribution is 2.20. The summed E-state index contributed by atoms with van der Waals surface area (Å²) in [6, 6.07) is 6.22. The van der Waals surface area contributed by atoms with Gasteiger partial charge in [-0.2, -0.15) is 0 Å². The molecule has 1 rings (SSSR count). The van der Waals surface area contributed by atoms with Gasteiger partial charge in [0.15, 0.2) is 0 Å². The van der Waals surface area contributed by atoms with Crippen molar-refractivity contribution in [2.75, 3.05) is 11.9 Å². The normalized spacial score (nSPS) is 9.50. The molecule has 0 aromatic heterocycles. The maximum Gasteiger partial charge on any atom is 0.0443 e. The van der Waals surface area contributed by atoms with E-state index in [1.165, 1.54) is 16.8 Å². The average molecular weight is 161 g/mol. The van der Waals surface area contributed by atoms with E-state index in [0.717, 1.165) is 6.54 Å².